The summed E-state index contributed by atoms with van der Waals surface area (Å²) in [6, 6.07) is 5.53. The van der Waals surface area contributed by atoms with Crippen molar-refractivity contribution in [1.29, 1.82) is 0 Å². The molecule has 1 aliphatic rings. The summed E-state index contributed by atoms with van der Waals surface area (Å²) in [5, 5.41) is 9.00. The zero-order chi connectivity index (χ0) is 14.0. The van der Waals surface area contributed by atoms with Crippen LogP contribution in [-0.4, -0.2) is 49.4 Å². The fourth-order valence-corrected chi connectivity index (χ4v) is 2.39. The molecule has 1 heterocycles. The minimum Gasteiger partial charge on any atom is -0.495 e. The number of amides is 1. The number of benzene rings is 1. The van der Waals surface area contributed by atoms with Gasteiger partial charge < -0.3 is 25.4 Å². The number of ether oxygens (including phenoxy) is 1. The molecule has 1 unspecified atom stereocenters. The van der Waals surface area contributed by atoms with E-state index in [0.717, 1.165) is 24.4 Å². The van der Waals surface area contributed by atoms with Crippen LogP contribution in [0.3, 0.4) is 0 Å². The first-order valence-electron chi connectivity index (χ1n) is 6.17. The van der Waals surface area contributed by atoms with E-state index in [4.69, 9.17) is 15.6 Å². The molecule has 1 amide bonds. The lowest BCUT2D eigenvalue weighted by atomic mass is 10.2. The number of rotatable bonds is 3. The van der Waals surface area contributed by atoms with Gasteiger partial charge in [0.1, 0.15) is 5.75 Å². The summed E-state index contributed by atoms with van der Waals surface area (Å²) in [5.74, 6) is 0.721. The molecule has 6 nitrogen and oxygen atoms in total. The maximum absolute atomic E-state index is 11.0. The maximum Gasteiger partial charge on any atom is 0.407 e. The molecule has 3 N–H and O–H groups in total. The van der Waals surface area contributed by atoms with Gasteiger partial charge in [-0.2, -0.15) is 0 Å². The van der Waals surface area contributed by atoms with Crippen LogP contribution in [0, 0.1) is 0 Å². The molecule has 1 saturated heterocycles. The summed E-state index contributed by atoms with van der Waals surface area (Å²) in [4.78, 5) is 14.5. The van der Waals surface area contributed by atoms with Gasteiger partial charge in [-0.1, -0.05) is 0 Å². The van der Waals surface area contributed by atoms with Crippen molar-refractivity contribution in [2.24, 2.45) is 0 Å². The zero-order valence-corrected chi connectivity index (χ0v) is 11.2. The molecule has 1 aromatic rings. The van der Waals surface area contributed by atoms with Crippen molar-refractivity contribution in [3.05, 3.63) is 18.2 Å². The second-order valence-corrected chi connectivity index (χ2v) is 4.71. The van der Waals surface area contributed by atoms with Gasteiger partial charge in [0.2, 0.25) is 0 Å². The summed E-state index contributed by atoms with van der Waals surface area (Å²) >= 11 is 0. The molecule has 0 spiro atoms. The molecule has 0 saturated carbocycles. The van der Waals surface area contributed by atoms with E-state index in [9.17, 15) is 4.79 Å². The molecule has 2 rings (SSSR count). The quantitative estimate of drug-likeness (QED) is 0.809. The molecule has 0 bridgehead atoms. The Morgan fingerprint density at radius 1 is 1.58 bits per heavy atom. The third-order valence-corrected chi connectivity index (χ3v) is 3.56. The smallest absolute Gasteiger partial charge is 0.407 e. The lowest BCUT2D eigenvalue weighted by Crippen LogP contribution is -2.38. The fourth-order valence-electron chi connectivity index (χ4n) is 2.39. The molecule has 0 aromatic heterocycles. The van der Waals surface area contributed by atoms with Crippen molar-refractivity contribution < 1.29 is 14.6 Å². The van der Waals surface area contributed by atoms with Gasteiger partial charge in [0, 0.05) is 31.9 Å². The Morgan fingerprint density at radius 3 is 2.95 bits per heavy atom. The van der Waals surface area contributed by atoms with Crippen LogP contribution < -0.4 is 15.4 Å². The van der Waals surface area contributed by atoms with Crippen molar-refractivity contribution in [1.82, 2.24) is 4.90 Å². The first-order chi connectivity index (χ1) is 9.02. The summed E-state index contributed by atoms with van der Waals surface area (Å²) in [5.41, 5.74) is 7.34. The lowest BCUT2D eigenvalue weighted by molar-refractivity contribution is 0.142. The van der Waals surface area contributed by atoms with Crippen LogP contribution in [0.5, 0.6) is 5.75 Å². The van der Waals surface area contributed by atoms with Crippen molar-refractivity contribution in [3.63, 3.8) is 0 Å². The van der Waals surface area contributed by atoms with Crippen LogP contribution in [-0.2, 0) is 0 Å². The SMILES string of the molecule is COc1cc(N)ccc1N1CCC(N(C)C(=O)O)C1. The zero-order valence-electron chi connectivity index (χ0n) is 11.2. The first kappa shape index (κ1) is 13.3. The highest BCUT2D eigenvalue weighted by molar-refractivity contribution is 5.67. The highest BCUT2D eigenvalue weighted by atomic mass is 16.5. The molecule has 0 radical (unpaired) electrons. The van der Waals surface area contributed by atoms with E-state index in [2.05, 4.69) is 4.90 Å². The van der Waals surface area contributed by atoms with Crippen LogP contribution in [0.25, 0.3) is 0 Å². The van der Waals surface area contributed by atoms with Gasteiger partial charge in [0.15, 0.2) is 0 Å². The van der Waals surface area contributed by atoms with E-state index >= 15 is 0 Å². The number of nitrogens with zero attached hydrogens (tertiary/aromatic N) is 2. The van der Waals surface area contributed by atoms with Crippen LogP contribution in [0.15, 0.2) is 18.2 Å². The van der Waals surface area contributed by atoms with Crippen LogP contribution in [0.2, 0.25) is 0 Å². The summed E-state index contributed by atoms with van der Waals surface area (Å²) in [6.07, 6.45) is -0.0767. The molecule has 1 fully saturated rings. The summed E-state index contributed by atoms with van der Waals surface area (Å²) in [6.45, 7) is 1.48. The number of hydrogen-bond donors (Lipinski definition) is 2. The molecule has 19 heavy (non-hydrogen) atoms. The number of anilines is 2. The molecule has 6 heteroatoms. The van der Waals surface area contributed by atoms with E-state index in [-0.39, 0.29) is 6.04 Å². The Kier molecular flexibility index (Phi) is 3.69. The van der Waals surface area contributed by atoms with Crippen molar-refractivity contribution >= 4 is 17.5 Å². The Morgan fingerprint density at radius 2 is 2.32 bits per heavy atom. The monoisotopic (exact) mass is 265 g/mol. The Labute approximate surface area is 112 Å². The molecular formula is C13H19N3O3. The topological polar surface area (TPSA) is 79.0 Å². The van der Waals surface area contributed by atoms with E-state index in [1.165, 1.54) is 4.90 Å². The minimum absolute atomic E-state index is 0.0137. The molecule has 1 aliphatic heterocycles. The van der Waals surface area contributed by atoms with Crippen molar-refractivity contribution in [3.8, 4) is 5.75 Å². The van der Waals surface area contributed by atoms with Gasteiger partial charge in [-0.25, -0.2) is 4.79 Å². The normalized spacial score (nSPS) is 18.4. The minimum atomic E-state index is -0.892. The molecule has 104 valence electrons. The first-order valence-corrected chi connectivity index (χ1v) is 6.17. The predicted molar refractivity (Wildman–Crippen MR) is 73.8 cm³/mol. The summed E-state index contributed by atoms with van der Waals surface area (Å²) in [7, 11) is 3.21. The van der Waals surface area contributed by atoms with Crippen molar-refractivity contribution in [2.75, 3.05) is 37.9 Å². The third kappa shape index (κ3) is 2.67. The molecule has 1 atom stereocenters. The number of hydrogen-bond acceptors (Lipinski definition) is 4. The number of methoxy groups -OCH3 is 1. The highest BCUT2D eigenvalue weighted by Gasteiger charge is 2.29. The highest BCUT2D eigenvalue weighted by Crippen LogP contribution is 2.33. The summed E-state index contributed by atoms with van der Waals surface area (Å²) < 4.78 is 5.33. The average Bonchev–Trinajstić information content (AvgIpc) is 2.86. The number of carbonyl (C=O) groups is 1. The van der Waals surface area contributed by atoms with E-state index < -0.39 is 6.09 Å². The van der Waals surface area contributed by atoms with Gasteiger partial charge in [-0.15, -0.1) is 0 Å². The van der Waals surface area contributed by atoms with E-state index in [0.29, 0.717) is 12.2 Å². The number of carboxylic acid groups (broad SMARTS) is 1. The standard InChI is InChI=1S/C13H19N3O3/c1-15(13(17)18)10-5-6-16(8-10)11-4-3-9(14)7-12(11)19-2/h3-4,7,10H,5-6,8,14H2,1-2H3,(H,17,18). The molecule has 0 aliphatic carbocycles. The molecular weight excluding hydrogens is 246 g/mol. The largest absolute Gasteiger partial charge is 0.495 e. The predicted octanol–water partition coefficient (Wildman–Crippen LogP) is 1.47. The van der Waals surface area contributed by atoms with Crippen LogP contribution in [0.1, 0.15) is 6.42 Å². The Bertz CT molecular complexity index is 478. The average molecular weight is 265 g/mol. The van der Waals surface area contributed by atoms with Gasteiger partial charge >= 0.3 is 6.09 Å². The number of likely N-dealkylation sites (N-methyl/N-ethyl adjacent to an activating group) is 1. The molecule has 1 aromatic carbocycles. The van der Waals surface area contributed by atoms with E-state index in [1.807, 2.05) is 12.1 Å². The van der Waals surface area contributed by atoms with Crippen molar-refractivity contribution in [2.45, 2.75) is 12.5 Å². The van der Waals surface area contributed by atoms with Gasteiger partial charge in [0.05, 0.1) is 18.8 Å². The van der Waals surface area contributed by atoms with Crippen LogP contribution in [0.4, 0.5) is 16.2 Å². The Hall–Kier alpha value is -2.11. The number of nitrogens with two attached hydrogens (primary N) is 1. The van der Waals surface area contributed by atoms with Gasteiger partial charge in [-0.3, -0.25) is 0 Å². The maximum atomic E-state index is 11.0. The third-order valence-electron chi connectivity index (χ3n) is 3.56. The second kappa shape index (κ2) is 5.26. The van der Waals surface area contributed by atoms with Crippen LogP contribution >= 0.6 is 0 Å². The fraction of sp³-hybridized carbons (Fsp3) is 0.462. The van der Waals surface area contributed by atoms with Gasteiger partial charge in [0.25, 0.3) is 0 Å². The van der Waals surface area contributed by atoms with E-state index in [1.54, 1.807) is 20.2 Å². The van der Waals surface area contributed by atoms with Gasteiger partial charge in [-0.05, 0) is 18.6 Å². The number of nitrogen functional groups attached to an aromatic ring is 1. The lowest BCUT2D eigenvalue weighted by Gasteiger charge is -2.24. The second-order valence-electron chi connectivity index (χ2n) is 4.71. The Balaban J connectivity index is 2.15.